The van der Waals surface area contributed by atoms with Gasteiger partial charge in [-0.05, 0) is 56.3 Å². The van der Waals surface area contributed by atoms with E-state index in [1.807, 2.05) is 62.4 Å². The Bertz CT molecular complexity index is 961. The Labute approximate surface area is 164 Å². The number of nitrogens with zero attached hydrogens (tertiary/aromatic N) is 2. The van der Waals surface area contributed by atoms with Crippen LogP contribution in [0.1, 0.15) is 17.0 Å². The van der Waals surface area contributed by atoms with Crippen LogP contribution in [0, 0.1) is 13.8 Å². The van der Waals surface area contributed by atoms with Gasteiger partial charge in [-0.1, -0.05) is 18.2 Å². The summed E-state index contributed by atoms with van der Waals surface area (Å²) in [5.41, 5.74) is 6.56. The third-order valence-corrected chi connectivity index (χ3v) is 4.31. The molecule has 1 amide bonds. The van der Waals surface area contributed by atoms with E-state index in [1.54, 1.807) is 25.5 Å². The molecule has 0 radical (unpaired) electrons. The summed E-state index contributed by atoms with van der Waals surface area (Å²) in [6.45, 7) is 3.95. The highest BCUT2D eigenvalue weighted by atomic mass is 16.5. The van der Waals surface area contributed by atoms with Gasteiger partial charge in [-0.2, -0.15) is 5.10 Å². The summed E-state index contributed by atoms with van der Waals surface area (Å²) >= 11 is 0. The third kappa shape index (κ3) is 4.59. The Morgan fingerprint density at radius 3 is 2.46 bits per heavy atom. The number of nitrogens with one attached hydrogen (secondary N) is 1. The van der Waals surface area contributed by atoms with Gasteiger partial charge in [-0.3, -0.25) is 4.79 Å². The van der Waals surface area contributed by atoms with Crippen LogP contribution in [-0.2, 0) is 4.79 Å². The normalized spacial score (nSPS) is 10.8. The number of methoxy groups -OCH3 is 1. The zero-order chi connectivity index (χ0) is 19.9. The minimum Gasteiger partial charge on any atom is -0.497 e. The van der Waals surface area contributed by atoms with E-state index in [-0.39, 0.29) is 12.5 Å². The number of benzene rings is 2. The maximum atomic E-state index is 11.9. The van der Waals surface area contributed by atoms with Crippen LogP contribution in [0.3, 0.4) is 0 Å². The molecule has 1 heterocycles. The Balaban J connectivity index is 1.63. The van der Waals surface area contributed by atoms with Crippen LogP contribution >= 0.6 is 0 Å². The van der Waals surface area contributed by atoms with E-state index in [9.17, 15) is 4.79 Å². The van der Waals surface area contributed by atoms with Crippen LogP contribution in [0.4, 0.5) is 0 Å². The minimum absolute atomic E-state index is 0.0910. The van der Waals surface area contributed by atoms with Crippen LogP contribution in [0.15, 0.2) is 65.8 Å². The summed E-state index contributed by atoms with van der Waals surface area (Å²) in [6, 6.07) is 19.1. The average molecular weight is 377 g/mol. The van der Waals surface area contributed by atoms with Crippen molar-refractivity contribution in [2.75, 3.05) is 13.7 Å². The summed E-state index contributed by atoms with van der Waals surface area (Å²) in [4.78, 5) is 11.9. The fraction of sp³-hybridized carbons (Fsp3) is 0.182. The van der Waals surface area contributed by atoms with E-state index in [0.717, 1.165) is 28.4 Å². The number of aryl methyl sites for hydroxylation is 1. The first-order valence-electron chi connectivity index (χ1n) is 8.91. The molecule has 0 unspecified atom stereocenters. The summed E-state index contributed by atoms with van der Waals surface area (Å²) in [7, 11) is 1.65. The standard InChI is InChI=1S/C22H23N3O3/c1-16-13-18(17(2)25(16)19-9-11-20(27-3)12-10-19)14-23-24-22(26)15-28-21-7-5-4-6-8-21/h4-14H,15H2,1-3H3,(H,24,26)/b23-14-. The van der Waals surface area contributed by atoms with Gasteiger partial charge in [-0.25, -0.2) is 5.43 Å². The first kappa shape index (κ1) is 19.2. The Morgan fingerprint density at radius 1 is 1.07 bits per heavy atom. The molecule has 2 aromatic carbocycles. The zero-order valence-electron chi connectivity index (χ0n) is 16.2. The highest BCUT2D eigenvalue weighted by Gasteiger charge is 2.10. The first-order chi connectivity index (χ1) is 13.6. The van der Waals surface area contributed by atoms with Gasteiger partial charge in [0.05, 0.1) is 13.3 Å². The lowest BCUT2D eigenvalue weighted by molar-refractivity contribution is -0.123. The van der Waals surface area contributed by atoms with Crippen molar-refractivity contribution in [1.82, 2.24) is 9.99 Å². The van der Waals surface area contributed by atoms with Crippen molar-refractivity contribution in [3.63, 3.8) is 0 Å². The van der Waals surface area contributed by atoms with E-state index in [0.29, 0.717) is 5.75 Å². The average Bonchev–Trinajstić information content (AvgIpc) is 3.00. The lowest BCUT2D eigenvalue weighted by Crippen LogP contribution is -2.24. The van der Waals surface area contributed by atoms with Crippen LogP contribution in [-0.4, -0.2) is 30.4 Å². The Kier molecular flexibility index (Phi) is 6.11. The number of amides is 1. The van der Waals surface area contributed by atoms with E-state index in [4.69, 9.17) is 9.47 Å². The van der Waals surface area contributed by atoms with Crippen molar-refractivity contribution < 1.29 is 14.3 Å². The number of aromatic nitrogens is 1. The lowest BCUT2D eigenvalue weighted by atomic mass is 10.2. The molecule has 3 aromatic rings. The molecule has 0 saturated heterocycles. The van der Waals surface area contributed by atoms with Gasteiger partial charge < -0.3 is 14.0 Å². The molecule has 1 N–H and O–H groups in total. The lowest BCUT2D eigenvalue weighted by Gasteiger charge is -2.10. The van der Waals surface area contributed by atoms with Gasteiger partial charge in [0.1, 0.15) is 11.5 Å². The monoisotopic (exact) mass is 377 g/mol. The number of hydrazone groups is 1. The van der Waals surface area contributed by atoms with Crippen molar-refractivity contribution in [2.24, 2.45) is 5.10 Å². The largest absolute Gasteiger partial charge is 0.497 e. The quantitative estimate of drug-likeness (QED) is 0.505. The zero-order valence-corrected chi connectivity index (χ0v) is 16.2. The second-order valence-electron chi connectivity index (χ2n) is 6.25. The second kappa shape index (κ2) is 8.90. The Morgan fingerprint density at radius 2 is 1.79 bits per heavy atom. The van der Waals surface area contributed by atoms with Crippen molar-refractivity contribution >= 4 is 12.1 Å². The number of rotatable bonds is 7. The number of para-hydroxylation sites is 1. The molecular formula is C22H23N3O3. The molecule has 0 fully saturated rings. The molecule has 6 nitrogen and oxygen atoms in total. The number of carbonyl (C=O) groups excluding carboxylic acids is 1. The topological polar surface area (TPSA) is 64.8 Å². The predicted molar refractivity (Wildman–Crippen MR) is 109 cm³/mol. The van der Waals surface area contributed by atoms with Gasteiger partial charge in [0, 0.05) is 22.6 Å². The second-order valence-corrected chi connectivity index (χ2v) is 6.25. The molecule has 6 heteroatoms. The van der Waals surface area contributed by atoms with Gasteiger partial charge in [-0.15, -0.1) is 0 Å². The minimum atomic E-state index is -0.316. The van der Waals surface area contributed by atoms with E-state index in [1.165, 1.54) is 0 Å². The molecule has 28 heavy (non-hydrogen) atoms. The SMILES string of the molecule is COc1ccc(-n2c(C)cc(/C=N\NC(=O)COc3ccccc3)c2C)cc1. The summed E-state index contributed by atoms with van der Waals surface area (Å²) in [6.07, 6.45) is 1.64. The molecule has 0 aliphatic carbocycles. The van der Waals surface area contributed by atoms with Crippen LogP contribution in [0.5, 0.6) is 11.5 Å². The molecule has 0 aliphatic rings. The van der Waals surface area contributed by atoms with Crippen molar-refractivity contribution in [3.8, 4) is 17.2 Å². The molecule has 0 atom stereocenters. The smallest absolute Gasteiger partial charge is 0.277 e. The van der Waals surface area contributed by atoms with Crippen LogP contribution in [0.25, 0.3) is 5.69 Å². The Hall–Kier alpha value is -3.54. The summed E-state index contributed by atoms with van der Waals surface area (Å²) < 4.78 is 12.7. The molecule has 0 spiro atoms. The van der Waals surface area contributed by atoms with E-state index in [2.05, 4.69) is 15.1 Å². The van der Waals surface area contributed by atoms with Crippen molar-refractivity contribution in [2.45, 2.75) is 13.8 Å². The predicted octanol–water partition coefficient (Wildman–Crippen LogP) is 3.63. The van der Waals surface area contributed by atoms with Crippen LogP contribution < -0.4 is 14.9 Å². The molecule has 144 valence electrons. The molecule has 0 saturated carbocycles. The third-order valence-electron chi connectivity index (χ3n) is 4.31. The van der Waals surface area contributed by atoms with Gasteiger partial charge >= 0.3 is 0 Å². The van der Waals surface area contributed by atoms with Crippen LogP contribution in [0.2, 0.25) is 0 Å². The molecular weight excluding hydrogens is 354 g/mol. The number of hydrogen-bond acceptors (Lipinski definition) is 4. The molecule has 0 bridgehead atoms. The van der Waals surface area contributed by atoms with E-state index < -0.39 is 0 Å². The molecule has 1 aromatic heterocycles. The van der Waals surface area contributed by atoms with Gasteiger partial charge in [0.25, 0.3) is 5.91 Å². The van der Waals surface area contributed by atoms with E-state index >= 15 is 0 Å². The van der Waals surface area contributed by atoms with Crippen molar-refractivity contribution in [3.05, 3.63) is 77.6 Å². The summed E-state index contributed by atoms with van der Waals surface area (Å²) in [5.74, 6) is 1.14. The highest BCUT2D eigenvalue weighted by Crippen LogP contribution is 2.21. The van der Waals surface area contributed by atoms with Crippen molar-refractivity contribution in [1.29, 1.82) is 0 Å². The number of hydrogen-bond donors (Lipinski definition) is 1. The highest BCUT2D eigenvalue weighted by molar-refractivity contribution is 5.84. The number of ether oxygens (including phenoxy) is 2. The first-order valence-corrected chi connectivity index (χ1v) is 8.91. The fourth-order valence-corrected chi connectivity index (χ4v) is 2.92. The van der Waals surface area contributed by atoms with Gasteiger partial charge in [0.2, 0.25) is 0 Å². The maximum absolute atomic E-state index is 11.9. The fourth-order valence-electron chi connectivity index (χ4n) is 2.92. The number of carbonyl (C=O) groups is 1. The van der Waals surface area contributed by atoms with Gasteiger partial charge in [0.15, 0.2) is 6.61 Å². The molecule has 3 rings (SSSR count). The maximum Gasteiger partial charge on any atom is 0.277 e. The molecule has 0 aliphatic heterocycles. The summed E-state index contributed by atoms with van der Waals surface area (Å²) in [5, 5.41) is 4.05.